The number of amides is 1. The van der Waals surface area contributed by atoms with Crippen LogP contribution in [-0.2, 0) is 6.54 Å². The summed E-state index contributed by atoms with van der Waals surface area (Å²) in [6.45, 7) is 3.80. The topological polar surface area (TPSA) is 83.9 Å². The summed E-state index contributed by atoms with van der Waals surface area (Å²) in [4.78, 5) is 17.8. The van der Waals surface area contributed by atoms with Crippen LogP contribution < -0.4 is 11.0 Å². The number of aryl methyl sites for hydroxylation is 2. The van der Waals surface area contributed by atoms with E-state index in [0.29, 0.717) is 40.4 Å². The van der Waals surface area contributed by atoms with Gasteiger partial charge in [0.05, 0.1) is 24.5 Å². The molecule has 2 N–H and O–H groups in total. The second kappa shape index (κ2) is 9.53. The highest BCUT2D eigenvalue weighted by Gasteiger charge is 2.34. The van der Waals surface area contributed by atoms with E-state index in [2.05, 4.69) is 10.3 Å². The number of oxazole rings is 1. The highest BCUT2D eigenvalue weighted by atomic mass is 19.1. The zero-order valence-electron chi connectivity index (χ0n) is 20.0. The number of carbonyl (C=O) groups is 1. The van der Waals surface area contributed by atoms with E-state index >= 15 is 0 Å². The minimum absolute atomic E-state index is 0.0111. The van der Waals surface area contributed by atoms with Crippen molar-refractivity contribution >= 4 is 5.91 Å². The maximum Gasteiger partial charge on any atom is 0.293 e. The molecule has 184 valence electrons. The Morgan fingerprint density at radius 2 is 1.97 bits per heavy atom. The molecule has 2 aromatic carbocycles. The van der Waals surface area contributed by atoms with Crippen molar-refractivity contribution in [2.75, 3.05) is 0 Å². The Hall–Kier alpha value is -4.07. The molecule has 6 nitrogen and oxygen atoms in total. The van der Waals surface area contributed by atoms with E-state index in [1.807, 2.05) is 6.07 Å². The molecule has 1 aliphatic carbocycles. The summed E-state index contributed by atoms with van der Waals surface area (Å²) >= 11 is 0. The average Bonchev–Trinajstić information content (AvgIpc) is 3.61. The lowest BCUT2D eigenvalue weighted by molar-refractivity contribution is 0.0931. The Labute approximate surface area is 207 Å². The molecule has 0 bridgehead atoms. The van der Waals surface area contributed by atoms with Crippen LogP contribution in [0.2, 0.25) is 0 Å². The number of nitrogens with zero attached hydrogens (tertiary/aromatic N) is 2. The van der Waals surface area contributed by atoms with Crippen molar-refractivity contribution in [3.63, 3.8) is 0 Å². The smallest absolute Gasteiger partial charge is 0.293 e. The lowest BCUT2D eigenvalue weighted by atomic mass is 9.97. The highest BCUT2D eigenvalue weighted by molar-refractivity contribution is 5.96. The normalized spacial score (nSPS) is 14.0. The van der Waals surface area contributed by atoms with Crippen LogP contribution in [0, 0.1) is 36.8 Å². The molecule has 1 aliphatic rings. The Morgan fingerprint density at radius 1 is 1.17 bits per heavy atom. The lowest BCUT2D eigenvalue weighted by Crippen LogP contribution is -2.30. The molecule has 36 heavy (non-hydrogen) atoms. The molecule has 0 radical (unpaired) electrons. The molecule has 1 saturated carbocycles. The second-order valence-corrected chi connectivity index (χ2v) is 9.37. The molecule has 0 aliphatic heterocycles. The largest absolute Gasteiger partial charge is 0.432 e. The summed E-state index contributed by atoms with van der Waals surface area (Å²) in [7, 11) is 0. The number of hydrogen-bond donors (Lipinski definition) is 2. The quantitative estimate of drug-likeness (QED) is 0.363. The van der Waals surface area contributed by atoms with Crippen molar-refractivity contribution in [1.29, 1.82) is 5.41 Å². The second-order valence-electron chi connectivity index (χ2n) is 9.37. The van der Waals surface area contributed by atoms with Crippen molar-refractivity contribution in [2.24, 2.45) is 5.92 Å². The van der Waals surface area contributed by atoms with Crippen LogP contribution in [0.3, 0.4) is 0 Å². The van der Waals surface area contributed by atoms with Crippen molar-refractivity contribution in [2.45, 2.75) is 39.3 Å². The van der Waals surface area contributed by atoms with E-state index in [-0.39, 0.29) is 23.5 Å². The van der Waals surface area contributed by atoms with E-state index in [1.54, 1.807) is 48.9 Å². The number of hydrogen-bond acceptors (Lipinski definition) is 4. The predicted octanol–water partition coefficient (Wildman–Crippen LogP) is 5.45. The molecule has 1 atom stereocenters. The number of pyridine rings is 1. The van der Waals surface area contributed by atoms with E-state index in [1.165, 1.54) is 18.4 Å². The number of benzene rings is 2. The van der Waals surface area contributed by atoms with Gasteiger partial charge in [0.15, 0.2) is 0 Å². The zero-order valence-corrected chi connectivity index (χ0v) is 20.0. The van der Waals surface area contributed by atoms with Gasteiger partial charge in [-0.2, -0.15) is 0 Å². The summed E-state index contributed by atoms with van der Waals surface area (Å²) in [5.74, 6) is -0.667. The number of carbonyl (C=O) groups excluding carboxylic acids is 1. The molecule has 0 unspecified atom stereocenters. The standard InChI is InChI=1S/C28H26F2N4O2/c1-16-9-20(5-6-24(16)30)26(19-3-4-19)33-27(35)22-12-18(15-34-7-8-36-28(34)31)11-21(13-22)25-17(2)10-23(29)14-32-25/h5-14,19,26,31H,3-4,15H2,1-2H3,(H,33,35)/t26-/m0/s1. The first kappa shape index (κ1) is 23.7. The number of rotatable bonds is 7. The van der Waals surface area contributed by atoms with Crippen LogP contribution in [0.1, 0.15) is 51.5 Å². The third-order valence-electron chi connectivity index (χ3n) is 6.53. The van der Waals surface area contributed by atoms with Crippen molar-refractivity contribution in [3.8, 4) is 11.3 Å². The Morgan fingerprint density at radius 3 is 2.64 bits per heavy atom. The first-order valence-corrected chi connectivity index (χ1v) is 11.8. The number of aromatic nitrogens is 2. The summed E-state index contributed by atoms with van der Waals surface area (Å²) in [5.41, 5.74) is 4.49. The maximum atomic E-state index is 13.9. The van der Waals surface area contributed by atoms with Crippen LogP contribution in [-0.4, -0.2) is 15.5 Å². The maximum absolute atomic E-state index is 13.9. The first-order valence-electron chi connectivity index (χ1n) is 11.8. The fourth-order valence-electron chi connectivity index (χ4n) is 4.51. The number of nitrogens with one attached hydrogen (secondary N) is 2. The third-order valence-corrected chi connectivity index (χ3v) is 6.53. The van der Waals surface area contributed by atoms with Gasteiger partial charge in [0.2, 0.25) is 0 Å². The van der Waals surface area contributed by atoms with Gasteiger partial charge in [-0.3, -0.25) is 19.8 Å². The Balaban J connectivity index is 1.52. The summed E-state index contributed by atoms with van der Waals surface area (Å²) in [6, 6.07) is 11.5. The lowest BCUT2D eigenvalue weighted by Gasteiger charge is -2.20. The van der Waals surface area contributed by atoms with Crippen LogP contribution in [0.25, 0.3) is 11.3 Å². The van der Waals surface area contributed by atoms with Crippen molar-refractivity contribution < 1.29 is 18.0 Å². The molecule has 0 spiro atoms. The van der Waals surface area contributed by atoms with Crippen LogP contribution >= 0.6 is 0 Å². The van der Waals surface area contributed by atoms with Crippen LogP contribution in [0.4, 0.5) is 8.78 Å². The van der Waals surface area contributed by atoms with Gasteiger partial charge in [-0.15, -0.1) is 0 Å². The van der Waals surface area contributed by atoms with E-state index in [9.17, 15) is 13.6 Å². The van der Waals surface area contributed by atoms with Gasteiger partial charge < -0.3 is 9.73 Å². The SMILES string of the molecule is Cc1cc([C@@H](NC(=O)c2cc(Cn3ccoc3=N)cc(-c3ncc(F)cc3C)c2)C2CC2)ccc1F. The molecule has 4 aromatic rings. The zero-order chi connectivity index (χ0) is 25.4. The van der Waals surface area contributed by atoms with Crippen molar-refractivity contribution in [1.82, 2.24) is 14.9 Å². The Bertz CT molecular complexity index is 1500. The van der Waals surface area contributed by atoms with Crippen molar-refractivity contribution in [3.05, 3.63) is 106 Å². The minimum atomic E-state index is -0.431. The van der Waals surface area contributed by atoms with E-state index in [0.717, 1.165) is 30.2 Å². The molecule has 0 saturated heterocycles. The average molecular weight is 489 g/mol. The monoisotopic (exact) mass is 488 g/mol. The van der Waals surface area contributed by atoms with Gasteiger partial charge >= 0.3 is 0 Å². The fraction of sp³-hybridized carbons (Fsp3) is 0.250. The van der Waals surface area contributed by atoms with Crippen LogP contribution in [0.15, 0.2) is 65.5 Å². The molecular weight excluding hydrogens is 462 g/mol. The Kier molecular flexibility index (Phi) is 6.26. The molecule has 2 heterocycles. The fourth-order valence-corrected chi connectivity index (χ4v) is 4.51. The molecule has 5 rings (SSSR count). The van der Waals surface area contributed by atoms with Gasteiger partial charge in [-0.05, 0) is 85.2 Å². The van der Waals surface area contributed by atoms with Gasteiger partial charge in [0.25, 0.3) is 11.6 Å². The molecule has 1 amide bonds. The van der Waals surface area contributed by atoms with Gasteiger partial charge in [-0.25, -0.2) is 8.78 Å². The molecule has 1 fully saturated rings. The van der Waals surface area contributed by atoms with E-state index in [4.69, 9.17) is 9.83 Å². The van der Waals surface area contributed by atoms with E-state index < -0.39 is 5.82 Å². The molecule has 2 aromatic heterocycles. The number of halogens is 2. The molecular formula is C28H26F2N4O2. The molecule has 8 heteroatoms. The first-order chi connectivity index (χ1) is 17.3. The van der Waals surface area contributed by atoms with Gasteiger partial charge in [-0.1, -0.05) is 12.1 Å². The van der Waals surface area contributed by atoms with Crippen LogP contribution in [0.5, 0.6) is 0 Å². The minimum Gasteiger partial charge on any atom is -0.432 e. The van der Waals surface area contributed by atoms with Gasteiger partial charge in [0, 0.05) is 17.3 Å². The summed E-state index contributed by atoms with van der Waals surface area (Å²) < 4.78 is 34.3. The summed E-state index contributed by atoms with van der Waals surface area (Å²) in [5, 5.41) is 11.1. The van der Waals surface area contributed by atoms with Gasteiger partial charge in [0.1, 0.15) is 17.9 Å². The predicted molar refractivity (Wildman–Crippen MR) is 130 cm³/mol. The summed E-state index contributed by atoms with van der Waals surface area (Å²) in [6.07, 6.45) is 6.22. The highest BCUT2D eigenvalue weighted by Crippen LogP contribution is 2.41. The third kappa shape index (κ3) is 4.98.